The summed E-state index contributed by atoms with van der Waals surface area (Å²) in [7, 11) is 0. The number of aromatic carboxylic acids is 1. The van der Waals surface area contributed by atoms with E-state index in [1.807, 2.05) is 12.1 Å². The number of unbranched alkanes of at least 4 members (excludes halogenated alkanes) is 3. The molecule has 2 nitrogen and oxygen atoms in total. The van der Waals surface area contributed by atoms with Crippen LogP contribution in [-0.4, -0.2) is 11.1 Å². The Morgan fingerprint density at radius 2 is 1.93 bits per heavy atom. The highest BCUT2D eigenvalue weighted by Crippen LogP contribution is 2.51. The summed E-state index contributed by atoms with van der Waals surface area (Å²) < 4.78 is 0. The molecule has 0 bridgehead atoms. The van der Waals surface area contributed by atoms with Gasteiger partial charge >= 0.3 is 5.97 Å². The van der Waals surface area contributed by atoms with Gasteiger partial charge in [0.2, 0.25) is 0 Å². The highest BCUT2D eigenvalue weighted by atomic mass is 16.4. The second kappa shape index (κ2) is 8.94. The van der Waals surface area contributed by atoms with Crippen LogP contribution >= 0.6 is 0 Å². The first-order chi connectivity index (χ1) is 13.4. The number of allylic oxidation sites excluding steroid dienone is 5. The molecule has 0 saturated carbocycles. The van der Waals surface area contributed by atoms with Gasteiger partial charge in [0, 0.05) is 0 Å². The van der Waals surface area contributed by atoms with Crippen LogP contribution in [0.2, 0.25) is 0 Å². The summed E-state index contributed by atoms with van der Waals surface area (Å²) >= 11 is 0. The lowest BCUT2D eigenvalue weighted by Crippen LogP contribution is -2.16. The van der Waals surface area contributed by atoms with Crippen LogP contribution in [0.3, 0.4) is 0 Å². The molecule has 0 aromatic heterocycles. The summed E-state index contributed by atoms with van der Waals surface area (Å²) in [5, 5.41) is 9.07. The SMILES string of the molecule is CCCCCCC1C2=C(CC1/C=C/c1ccc(C(=O)O)cc1)C(C)(C)CC=C2. The lowest BCUT2D eigenvalue weighted by atomic mass is 9.75. The molecule has 0 spiro atoms. The molecule has 0 fully saturated rings. The Bertz CT molecular complexity index is 777. The number of rotatable bonds is 8. The van der Waals surface area contributed by atoms with Crippen molar-refractivity contribution >= 4 is 12.0 Å². The van der Waals surface area contributed by atoms with Crippen molar-refractivity contribution in [3.63, 3.8) is 0 Å². The Balaban J connectivity index is 1.76. The molecule has 1 aromatic rings. The third kappa shape index (κ3) is 4.66. The molecule has 0 aliphatic heterocycles. The third-order valence-corrected chi connectivity index (χ3v) is 6.51. The molecule has 0 amide bonds. The summed E-state index contributed by atoms with van der Waals surface area (Å²) in [6.07, 6.45) is 18.2. The van der Waals surface area contributed by atoms with Crippen molar-refractivity contribution in [2.75, 3.05) is 0 Å². The van der Waals surface area contributed by atoms with Crippen molar-refractivity contribution in [2.45, 2.75) is 65.7 Å². The molecule has 28 heavy (non-hydrogen) atoms. The van der Waals surface area contributed by atoms with Gasteiger partial charge in [-0.25, -0.2) is 4.79 Å². The van der Waals surface area contributed by atoms with Gasteiger partial charge in [-0.15, -0.1) is 0 Å². The highest BCUT2D eigenvalue weighted by molar-refractivity contribution is 5.87. The second-order valence-electron chi connectivity index (χ2n) is 9.03. The highest BCUT2D eigenvalue weighted by Gasteiger charge is 2.39. The van der Waals surface area contributed by atoms with E-state index in [0.717, 1.165) is 18.4 Å². The van der Waals surface area contributed by atoms with Crippen LogP contribution in [-0.2, 0) is 0 Å². The average Bonchev–Trinajstić information content (AvgIpc) is 3.03. The minimum absolute atomic E-state index is 0.275. The van der Waals surface area contributed by atoms with Crippen molar-refractivity contribution in [3.05, 3.63) is 64.8 Å². The zero-order chi connectivity index (χ0) is 20.1. The number of carboxylic acid groups (broad SMARTS) is 1. The fourth-order valence-corrected chi connectivity index (χ4v) is 4.78. The smallest absolute Gasteiger partial charge is 0.335 e. The molecule has 150 valence electrons. The number of carboxylic acids is 1. The normalized spacial score (nSPS) is 23.4. The van der Waals surface area contributed by atoms with Crippen LogP contribution in [0.4, 0.5) is 0 Å². The summed E-state index contributed by atoms with van der Waals surface area (Å²) in [6, 6.07) is 7.19. The lowest BCUT2D eigenvalue weighted by molar-refractivity contribution is 0.0697. The van der Waals surface area contributed by atoms with Crippen LogP contribution in [0.1, 0.15) is 81.6 Å². The van der Waals surface area contributed by atoms with E-state index >= 15 is 0 Å². The summed E-state index contributed by atoms with van der Waals surface area (Å²) in [6.45, 7) is 7.04. The van der Waals surface area contributed by atoms with Gasteiger partial charge in [0.25, 0.3) is 0 Å². The fraction of sp³-hybridized carbons (Fsp3) is 0.500. The van der Waals surface area contributed by atoms with E-state index in [2.05, 4.69) is 45.1 Å². The number of hydrogen-bond acceptors (Lipinski definition) is 1. The summed E-state index contributed by atoms with van der Waals surface area (Å²) in [5.41, 5.74) is 4.96. The second-order valence-corrected chi connectivity index (χ2v) is 9.03. The minimum atomic E-state index is -0.871. The van der Waals surface area contributed by atoms with Crippen molar-refractivity contribution in [3.8, 4) is 0 Å². The van der Waals surface area contributed by atoms with Crippen LogP contribution in [0, 0.1) is 17.3 Å². The molecule has 3 rings (SSSR count). The zero-order valence-corrected chi connectivity index (χ0v) is 17.6. The van der Waals surface area contributed by atoms with Crippen molar-refractivity contribution in [1.82, 2.24) is 0 Å². The van der Waals surface area contributed by atoms with Gasteiger partial charge in [-0.2, -0.15) is 0 Å². The standard InChI is InChI=1S/C26H34O2/c1-4-5-6-7-9-22-21(18-24-23(22)10-8-17-26(24,2)3)16-13-19-11-14-20(15-12-19)25(27)28/h8,10-16,21-22H,4-7,9,17-18H2,1-3H3,(H,27,28)/b16-13+. The largest absolute Gasteiger partial charge is 0.478 e. The first-order valence-corrected chi connectivity index (χ1v) is 10.8. The monoisotopic (exact) mass is 378 g/mol. The quantitative estimate of drug-likeness (QED) is 0.482. The van der Waals surface area contributed by atoms with Gasteiger partial charge in [-0.1, -0.05) is 88.5 Å². The maximum atomic E-state index is 11.0. The van der Waals surface area contributed by atoms with E-state index in [4.69, 9.17) is 5.11 Å². The fourth-order valence-electron chi connectivity index (χ4n) is 4.78. The topological polar surface area (TPSA) is 37.3 Å². The molecular weight excluding hydrogens is 344 g/mol. The van der Waals surface area contributed by atoms with E-state index < -0.39 is 5.97 Å². The van der Waals surface area contributed by atoms with E-state index in [9.17, 15) is 4.79 Å². The molecule has 1 aromatic carbocycles. The van der Waals surface area contributed by atoms with Crippen LogP contribution in [0.5, 0.6) is 0 Å². The Hall–Kier alpha value is -2.09. The van der Waals surface area contributed by atoms with Gasteiger partial charge in [0.15, 0.2) is 0 Å². The molecule has 2 heteroatoms. The number of carbonyl (C=O) groups is 1. The maximum Gasteiger partial charge on any atom is 0.335 e. The van der Waals surface area contributed by atoms with E-state index in [1.54, 1.807) is 23.3 Å². The van der Waals surface area contributed by atoms with Crippen LogP contribution < -0.4 is 0 Å². The van der Waals surface area contributed by atoms with E-state index in [0.29, 0.717) is 17.4 Å². The lowest BCUT2D eigenvalue weighted by Gasteiger charge is -2.29. The maximum absolute atomic E-state index is 11.0. The molecule has 2 unspecified atom stereocenters. The Kier molecular flexibility index (Phi) is 6.59. The first-order valence-electron chi connectivity index (χ1n) is 10.8. The Morgan fingerprint density at radius 1 is 1.18 bits per heavy atom. The van der Waals surface area contributed by atoms with Crippen molar-refractivity contribution in [1.29, 1.82) is 0 Å². The predicted octanol–water partition coefficient (Wildman–Crippen LogP) is 7.29. The molecular formula is C26H34O2. The van der Waals surface area contributed by atoms with E-state index in [1.165, 1.54) is 32.1 Å². The van der Waals surface area contributed by atoms with E-state index in [-0.39, 0.29) is 5.41 Å². The molecule has 2 atom stereocenters. The third-order valence-electron chi connectivity index (χ3n) is 6.51. The average molecular weight is 379 g/mol. The molecule has 2 aliphatic rings. The molecule has 2 aliphatic carbocycles. The van der Waals surface area contributed by atoms with Crippen molar-refractivity contribution < 1.29 is 9.90 Å². The Morgan fingerprint density at radius 3 is 2.61 bits per heavy atom. The number of hydrogen-bond donors (Lipinski definition) is 1. The molecule has 0 radical (unpaired) electrons. The van der Waals surface area contributed by atoms with Gasteiger partial charge < -0.3 is 5.11 Å². The van der Waals surface area contributed by atoms with Gasteiger partial charge in [-0.05, 0) is 59.8 Å². The number of benzene rings is 1. The summed E-state index contributed by atoms with van der Waals surface area (Å²) in [4.78, 5) is 11.0. The first kappa shape index (κ1) is 20.6. The van der Waals surface area contributed by atoms with Crippen LogP contribution in [0.25, 0.3) is 6.08 Å². The molecule has 1 N–H and O–H groups in total. The molecule has 0 saturated heterocycles. The van der Waals surface area contributed by atoms with Gasteiger partial charge in [-0.3, -0.25) is 0 Å². The molecule has 0 heterocycles. The Labute approximate surface area is 170 Å². The predicted molar refractivity (Wildman–Crippen MR) is 117 cm³/mol. The zero-order valence-electron chi connectivity index (χ0n) is 17.6. The minimum Gasteiger partial charge on any atom is -0.478 e. The van der Waals surface area contributed by atoms with Gasteiger partial charge in [0.1, 0.15) is 0 Å². The van der Waals surface area contributed by atoms with Crippen LogP contribution in [0.15, 0.2) is 53.6 Å². The van der Waals surface area contributed by atoms with Gasteiger partial charge in [0.05, 0.1) is 5.56 Å². The summed E-state index contributed by atoms with van der Waals surface area (Å²) in [5.74, 6) is 0.300. The van der Waals surface area contributed by atoms with Crippen molar-refractivity contribution in [2.24, 2.45) is 17.3 Å².